The molecule has 0 bridgehead atoms. The molecule has 3 aromatic rings. The Morgan fingerprint density at radius 2 is 0.742 bits per heavy atom. The van der Waals surface area contributed by atoms with Crippen molar-refractivity contribution in [2.45, 2.75) is 69.6 Å². The molecule has 3 rings (SSSR count). The van der Waals surface area contributed by atoms with E-state index in [9.17, 15) is 0 Å². The maximum Gasteiger partial charge on any atom is 0.0451 e. The Kier molecular flexibility index (Phi) is 9.86. The molecule has 1 nitrogen and oxygen atoms in total. The minimum Gasteiger partial charge on any atom is -0.330 e. The standard InChI is InChI=1S/C30H39N/c31-26-18-7-5-3-1-2-4-6-17-25-30(27-19-11-8-12-20-27,28-21-13-9-14-22-28)29-23-15-10-16-24-29/h8-16,19-24H,1-7,17-18,25-26,31H2. The number of hydrogen-bond donors (Lipinski definition) is 1. The van der Waals surface area contributed by atoms with E-state index in [1.807, 2.05) is 0 Å². The van der Waals surface area contributed by atoms with E-state index < -0.39 is 0 Å². The van der Waals surface area contributed by atoms with Crippen molar-refractivity contribution in [2.24, 2.45) is 5.73 Å². The van der Waals surface area contributed by atoms with Crippen LogP contribution in [0.25, 0.3) is 0 Å². The second kappa shape index (κ2) is 13.1. The van der Waals surface area contributed by atoms with Gasteiger partial charge < -0.3 is 5.73 Å². The van der Waals surface area contributed by atoms with E-state index in [0.717, 1.165) is 13.0 Å². The zero-order valence-electron chi connectivity index (χ0n) is 19.0. The lowest BCUT2D eigenvalue weighted by Crippen LogP contribution is -2.29. The fourth-order valence-corrected chi connectivity index (χ4v) is 4.87. The number of nitrogens with two attached hydrogens (primary N) is 1. The lowest BCUT2D eigenvalue weighted by molar-refractivity contribution is 0.493. The van der Waals surface area contributed by atoms with Crippen molar-refractivity contribution in [3.8, 4) is 0 Å². The maximum absolute atomic E-state index is 5.59. The van der Waals surface area contributed by atoms with E-state index in [0.29, 0.717) is 0 Å². The summed E-state index contributed by atoms with van der Waals surface area (Å²) in [6.07, 6.45) is 12.9. The van der Waals surface area contributed by atoms with E-state index in [4.69, 9.17) is 5.73 Å². The van der Waals surface area contributed by atoms with Crippen LogP contribution in [0.5, 0.6) is 0 Å². The fraction of sp³-hybridized carbons (Fsp3) is 0.400. The largest absolute Gasteiger partial charge is 0.330 e. The molecular formula is C30H39N. The molecule has 1 heteroatoms. The molecule has 0 aliphatic carbocycles. The van der Waals surface area contributed by atoms with Crippen LogP contribution in [0.3, 0.4) is 0 Å². The highest BCUT2D eigenvalue weighted by molar-refractivity contribution is 5.50. The van der Waals surface area contributed by atoms with Gasteiger partial charge in [-0.25, -0.2) is 0 Å². The first kappa shape index (κ1) is 23.3. The van der Waals surface area contributed by atoms with Gasteiger partial charge in [-0.3, -0.25) is 0 Å². The van der Waals surface area contributed by atoms with Gasteiger partial charge in [-0.15, -0.1) is 0 Å². The molecule has 0 atom stereocenters. The van der Waals surface area contributed by atoms with E-state index in [1.165, 1.54) is 74.5 Å². The Balaban J connectivity index is 1.70. The molecule has 0 spiro atoms. The van der Waals surface area contributed by atoms with Gasteiger partial charge in [0.25, 0.3) is 0 Å². The molecule has 164 valence electrons. The van der Waals surface area contributed by atoms with Gasteiger partial charge in [-0.1, -0.05) is 142 Å². The number of unbranched alkanes of at least 4 members (excludes halogenated alkanes) is 8. The predicted octanol–water partition coefficient (Wildman–Crippen LogP) is 7.88. The highest BCUT2D eigenvalue weighted by atomic mass is 14.5. The Labute approximate surface area is 189 Å². The minimum absolute atomic E-state index is 0.0913. The molecule has 31 heavy (non-hydrogen) atoms. The molecule has 0 radical (unpaired) electrons. The number of rotatable bonds is 14. The molecule has 3 aromatic carbocycles. The number of hydrogen-bond acceptors (Lipinski definition) is 1. The molecular weight excluding hydrogens is 374 g/mol. The third kappa shape index (κ3) is 6.55. The average molecular weight is 414 g/mol. The van der Waals surface area contributed by atoms with Crippen LogP contribution in [0.15, 0.2) is 91.0 Å². The summed E-state index contributed by atoms with van der Waals surface area (Å²) in [5, 5.41) is 0. The highest BCUT2D eigenvalue weighted by Gasteiger charge is 2.35. The van der Waals surface area contributed by atoms with Gasteiger partial charge in [0.1, 0.15) is 0 Å². The van der Waals surface area contributed by atoms with Crippen LogP contribution in [0, 0.1) is 0 Å². The Morgan fingerprint density at radius 1 is 0.419 bits per heavy atom. The summed E-state index contributed by atoms with van der Waals surface area (Å²) in [4.78, 5) is 0. The smallest absolute Gasteiger partial charge is 0.0451 e. The Hall–Kier alpha value is -2.38. The molecule has 0 aliphatic heterocycles. The van der Waals surface area contributed by atoms with Gasteiger partial charge >= 0.3 is 0 Å². The van der Waals surface area contributed by atoms with Crippen LogP contribution < -0.4 is 5.73 Å². The van der Waals surface area contributed by atoms with Gasteiger partial charge in [-0.05, 0) is 36.1 Å². The lowest BCUT2D eigenvalue weighted by Gasteiger charge is -2.36. The van der Waals surface area contributed by atoms with Crippen molar-refractivity contribution in [3.05, 3.63) is 108 Å². The van der Waals surface area contributed by atoms with Crippen LogP contribution >= 0.6 is 0 Å². The lowest BCUT2D eigenvalue weighted by atomic mass is 9.66. The Bertz CT molecular complexity index is 729. The number of benzene rings is 3. The second-order valence-electron chi connectivity index (χ2n) is 8.72. The summed E-state index contributed by atoms with van der Waals surface area (Å²) in [6, 6.07) is 33.3. The van der Waals surface area contributed by atoms with E-state index in [2.05, 4.69) is 91.0 Å². The molecule has 0 aromatic heterocycles. The quantitative estimate of drug-likeness (QED) is 0.211. The first-order valence-corrected chi connectivity index (χ1v) is 12.2. The zero-order chi connectivity index (χ0) is 21.6. The summed E-state index contributed by atoms with van der Waals surface area (Å²) < 4.78 is 0. The van der Waals surface area contributed by atoms with Crippen molar-refractivity contribution in [1.82, 2.24) is 0 Å². The first-order chi connectivity index (χ1) is 15.4. The summed E-state index contributed by atoms with van der Waals surface area (Å²) in [5.74, 6) is 0. The molecule has 0 aliphatic rings. The summed E-state index contributed by atoms with van der Waals surface area (Å²) in [7, 11) is 0. The SMILES string of the molecule is NCCCCCCCCCCCC(c1ccccc1)(c1ccccc1)c1ccccc1. The van der Waals surface area contributed by atoms with Gasteiger partial charge in [0.15, 0.2) is 0 Å². The van der Waals surface area contributed by atoms with Gasteiger partial charge in [0.05, 0.1) is 0 Å². The van der Waals surface area contributed by atoms with Crippen molar-refractivity contribution in [2.75, 3.05) is 6.54 Å². The molecule has 2 N–H and O–H groups in total. The monoisotopic (exact) mass is 413 g/mol. The normalized spacial score (nSPS) is 11.5. The van der Waals surface area contributed by atoms with Crippen molar-refractivity contribution < 1.29 is 0 Å². The maximum atomic E-state index is 5.59. The topological polar surface area (TPSA) is 26.0 Å². The average Bonchev–Trinajstić information content (AvgIpc) is 2.84. The molecule has 0 saturated carbocycles. The van der Waals surface area contributed by atoms with E-state index >= 15 is 0 Å². The second-order valence-corrected chi connectivity index (χ2v) is 8.72. The summed E-state index contributed by atoms with van der Waals surface area (Å²) in [6.45, 7) is 0.839. The predicted molar refractivity (Wildman–Crippen MR) is 134 cm³/mol. The van der Waals surface area contributed by atoms with Crippen molar-refractivity contribution in [1.29, 1.82) is 0 Å². The summed E-state index contributed by atoms with van der Waals surface area (Å²) >= 11 is 0. The van der Waals surface area contributed by atoms with Crippen molar-refractivity contribution >= 4 is 0 Å². The zero-order valence-corrected chi connectivity index (χ0v) is 19.0. The van der Waals surface area contributed by atoms with E-state index in [1.54, 1.807) is 0 Å². The first-order valence-electron chi connectivity index (χ1n) is 12.2. The van der Waals surface area contributed by atoms with Crippen LogP contribution in [-0.4, -0.2) is 6.54 Å². The fourth-order valence-electron chi connectivity index (χ4n) is 4.87. The summed E-state index contributed by atoms with van der Waals surface area (Å²) in [5.41, 5.74) is 9.68. The molecule has 0 saturated heterocycles. The van der Waals surface area contributed by atoms with Crippen LogP contribution in [-0.2, 0) is 5.41 Å². The van der Waals surface area contributed by atoms with Gasteiger partial charge in [0, 0.05) is 5.41 Å². The molecule has 0 unspecified atom stereocenters. The van der Waals surface area contributed by atoms with Crippen LogP contribution in [0.2, 0.25) is 0 Å². The van der Waals surface area contributed by atoms with Crippen molar-refractivity contribution in [3.63, 3.8) is 0 Å². The minimum atomic E-state index is -0.0913. The third-order valence-corrected chi connectivity index (χ3v) is 6.56. The Morgan fingerprint density at radius 3 is 1.10 bits per heavy atom. The van der Waals surface area contributed by atoms with Crippen LogP contribution in [0.1, 0.15) is 80.9 Å². The molecule has 0 amide bonds. The molecule has 0 fully saturated rings. The van der Waals surface area contributed by atoms with E-state index in [-0.39, 0.29) is 5.41 Å². The van der Waals surface area contributed by atoms with Gasteiger partial charge in [0.2, 0.25) is 0 Å². The highest BCUT2D eigenvalue weighted by Crippen LogP contribution is 2.43. The third-order valence-electron chi connectivity index (χ3n) is 6.56. The molecule has 0 heterocycles. The van der Waals surface area contributed by atoms with Gasteiger partial charge in [-0.2, -0.15) is 0 Å². The van der Waals surface area contributed by atoms with Crippen LogP contribution in [0.4, 0.5) is 0 Å².